The van der Waals surface area contributed by atoms with E-state index in [2.05, 4.69) is 41.4 Å². The number of aryl methyl sites for hydroxylation is 1. The number of hydrogen-bond acceptors (Lipinski definition) is 5. The van der Waals surface area contributed by atoms with E-state index in [9.17, 15) is 4.79 Å². The Labute approximate surface area is 171 Å². The van der Waals surface area contributed by atoms with Crippen LogP contribution in [0.15, 0.2) is 53.4 Å². The van der Waals surface area contributed by atoms with E-state index < -0.39 is 0 Å². The summed E-state index contributed by atoms with van der Waals surface area (Å²) in [5, 5.41) is 3.23. The van der Waals surface area contributed by atoms with E-state index in [1.807, 2.05) is 24.3 Å². The predicted molar refractivity (Wildman–Crippen MR) is 113 cm³/mol. The number of morpholine rings is 1. The van der Waals surface area contributed by atoms with Gasteiger partial charge in [-0.1, -0.05) is 29.8 Å². The summed E-state index contributed by atoms with van der Waals surface area (Å²) in [5.41, 5.74) is 2.36. The molecule has 1 saturated heterocycles. The van der Waals surface area contributed by atoms with E-state index in [4.69, 9.17) is 9.47 Å². The molecule has 0 saturated carbocycles. The van der Waals surface area contributed by atoms with Crippen molar-refractivity contribution in [1.82, 2.24) is 10.2 Å². The highest BCUT2D eigenvalue weighted by molar-refractivity contribution is 8.00. The molecule has 2 aromatic rings. The number of benzene rings is 2. The molecule has 1 amide bonds. The van der Waals surface area contributed by atoms with Crippen LogP contribution in [0.5, 0.6) is 5.75 Å². The zero-order chi connectivity index (χ0) is 19.8. The maximum Gasteiger partial charge on any atom is 0.230 e. The van der Waals surface area contributed by atoms with E-state index >= 15 is 0 Å². The lowest BCUT2D eigenvalue weighted by Crippen LogP contribution is -2.43. The molecule has 1 aliphatic heterocycles. The zero-order valence-corrected chi connectivity index (χ0v) is 17.3. The van der Waals surface area contributed by atoms with Crippen LogP contribution in [0, 0.1) is 6.92 Å². The summed E-state index contributed by atoms with van der Waals surface area (Å²) >= 11 is 1.53. The summed E-state index contributed by atoms with van der Waals surface area (Å²) in [5.74, 6) is 1.25. The van der Waals surface area contributed by atoms with Crippen molar-refractivity contribution in [2.24, 2.45) is 0 Å². The van der Waals surface area contributed by atoms with Crippen molar-refractivity contribution in [1.29, 1.82) is 0 Å². The number of carbonyl (C=O) groups excluding carboxylic acids is 1. The Kier molecular flexibility index (Phi) is 7.77. The smallest absolute Gasteiger partial charge is 0.230 e. The van der Waals surface area contributed by atoms with Crippen LogP contribution in [0.25, 0.3) is 0 Å². The number of amides is 1. The summed E-state index contributed by atoms with van der Waals surface area (Å²) in [6, 6.07) is 16.2. The molecule has 1 atom stereocenters. The quantitative estimate of drug-likeness (QED) is 0.689. The van der Waals surface area contributed by atoms with E-state index in [0.717, 1.165) is 49.1 Å². The van der Waals surface area contributed by atoms with Crippen molar-refractivity contribution in [2.45, 2.75) is 17.9 Å². The second-order valence-corrected chi connectivity index (χ2v) is 7.96. The minimum absolute atomic E-state index is 0.0253. The molecular formula is C22H28N2O3S. The fourth-order valence-electron chi connectivity index (χ4n) is 3.13. The van der Waals surface area contributed by atoms with Crippen molar-refractivity contribution in [3.8, 4) is 5.75 Å². The fourth-order valence-corrected chi connectivity index (χ4v) is 3.84. The fraction of sp³-hybridized carbons (Fsp3) is 0.409. The molecule has 0 spiro atoms. The lowest BCUT2D eigenvalue weighted by atomic mass is 10.0. The number of methoxy groups -OCH3 is 1. The molecule has 0 radical (unpaired) electrons. The van der Waals surface area contributed by atoms with E-state index in [-0.39, 0.29) is 11.9 Å². The van der Waals surface area contributed by atoms with Gasteiger partial charge in [0.25, 0.3) is 0 Å². The van der Waals surface area contributed by atoms with Gasteiger partial charge in [0.15, 0.2) is 0 Å². The van der Waals surface area contributed by atoms with Crippen LogP contribution in [0.2, 0.25) is 0 Å². The van der Waals surface area contributed by atoms with Crippen molar-refractivity contribution in [3.63, 3.8) is 0 Å². The number of thioether (sulfide) groups is 1. The molecule has 0 bridgehead atoms. The van der Waals surface area contributed by atoms with Gasteiger partial charge in [-0.3, -0.25) is 9.69 Å². The van der Waals surface area contributed by atoms with E-state index in [1.165, 1.54) is 17.3 Å². The van der Waals surface area contributed by atoms with Crippen molar-refractivity contribution < 1.29 is 14.3 Å². The topological polar surface area (TPSA) is 50.8 Å². The molecule has 1 N–H and O–H groups in total. The molecule has 0 unspecified atom stereocenters. The Morgan fingerprint density at radius 1 is 1.14 bits per heavy atom. The van der Waals surface area contributed by atoms with Gasteiger partial charge in [-0.15, -0.1) is 11.8 Å². The van der Waals surface area contributed by atoms with Gasteiger partial charge in [0.1, 0.15) is 5.75 Å². The van der Waals surface area contributed by atoms with Crippen molar-refractivity contribution >= 4 is 17.7 Å². The SMILES string of the molecule is COc1ccc(SCC(=O)N[C@@H](CN2CCOCC2)c2ccc(C)cc2)cc1. The molecule has 1 heterocycles. The van der Waals surface area contributed by atoms with E-state index in [0.29, 0.717) is 5.75 Å². The van der Waals surface area contributed by atoms with Crippen LogP contribution >= 0.6 is 11.8 Å². The number of nitrogens with zero attached hydrogens (tertiary/aromatic N) is 1. The first kappa shape index (κ1) is 20.7. The third kappa shape index (κ3) is 6.26. The third-order valence-electron chi connectivity index (χ3n) is 4.79. The van der Waals surface area contributed by atoms with Crippen molar-refractivity contribution in [2.75, 3.05) is 45.7 Å². The first-order valence-corrected chi connectivity index (χ1v) is 10.6. The molecule has 2 aromatic carbocycles. The van der Waals surface area contributed by atoms with Gasteiger partial charge in [0.2, 0.25) is 5.91 Å². The average molecular weight is 401 g/mol. The van der Waals surface area contributed by atoms with Gasteiger partial charge < -0.3 is 14.8 Å². The Morgan fingerprint density at radius 2 is 1.82 bits per heavy atom. The summed E-state index contributed by atoms with van der Waals surface area (Å²) in [4.78, 5) is 16.0. The van der Waals surface area contributed by atoms with Gasteiger partial charge in [-0.2, -0.15) is 0 Å². The highest BCUT2D eigenvalue weighted by Gasteiger charge is 2.20. The van der Waals surface area contributed by atoms with Crippen LogP contribution in [-0.4, -0.2) is 56.5 Å². The maximum atomic E-state index is 12.6. The Bertz CT molecular complexity index is 743. The van der Waals surface area contributed by atoms with E-state index in [1.54, 1.807) is 7.11 Å². The molecule has 1 fully saturated rings. The van der Waals surface area contributed by atoms with Crippen LogP contribution in [0.3, 0.4) is 0 Å². The Balaban J connectivity index is 1.60. The van der Waals surface area contributed by atoms with Crippen LogP contribution in [-0.2, 0) is 9.53 Å². The second-order valence-electron chi connectivity index (χ2n) is 6.91. The third-order valence-corrected chi connectivity index (χ3v) is 5.80. The monoisotopic (exact) mass is 400 g/mol. The van der Waals surface area contributed by atoms with Gasteiger partial charge in [0.05, 0.1) is 32.1 Å². The molecular weight excluding hydrogens is 372 g/mol. The highest BCUT2D eigenvalue weighted by Crippen LogP contribution is 2.22. The summed E-state index contributed by atoms with van der Waals surface area (Å²) in [7, 11) is 1.65. The predicted octanol–water partition coefficient (Wildman–Crippen LogP) is 3.29. The number of nitrogens with one attached hydrogen (secondary N) is 1. The normalized spacial score (nSPS) is 15.8. The molecule has 3 rings (SSSR count). The molecule has 0 aromatic heterocycles. The molecule has 0 aliphatic carbocycles. The summed E-state index contributed by atoms with van der Waals surface area (Å²) in [6.45, 7) is 6.18. The standard InChI is InChI=1S/C22H28N2O3S/c1-17-3-5-18(6-4-17)21(15-24-11-13-27-14-12-24)23-22(25)16-28-20-9-7-19(26-2)8-10-20/h3-10,21H,11-16H2,1-2H3,(H,23,25)/t21-/m0/s1. The molecule has 6 heteroatoms. The molecule has 1 aliphatic rings. The number of carbonyl (C=O) groups is 1. The lowest BCUT2D eigenvalue weighted by molar-refractivity contribution is -0.119. The highest BCUT2D eigenvalue weighted by atomic mass is 32.2. The van der Waals surface area contributed by atoms with Gasteiger partial charge in [-0.05, 0) is 36.8 Å². The van der Waals surface area contributed by atoms with Crippen LogP contribution in [0.4, 0.5) is 0 Å². The summed E-state index contributed by atoms with van der Waals surface area (Å²) in [6.07, 6.45) is 0. The van der Waals surface area contributed by atoms with Gasteiger partial charge >= 0.3 is 0 Å². The van der Waals surface area contributed by atoms with Crippen LogP contribution in [0.1, 0.15) is 17.2 Å². The molecule has 5 nitrogen and oxygen atoms in total. The zero-order valence-electron chi connectivity index (χ0n) is 16.5. The second kappa shape index (κ2) is 10.5. The maximum absolute atomic E-state index is 12.6. The van der Waals surface area contributed by atoms with Gasteiger partial charge in [0, 0.05) is 24.5 Å². The minimum Gasteiger partial charge on any atom is -0.497 e. The first-order valence-electron chi connectivity index (χ1n) is 9.57. The largest absolute Gasteiger partial charge is 0.497 e. The number of hydrogen-bond donors (Lipinski definition) is 1. The summed E-state index contributed by atoms with van der Waals surface area (Å²) < 4.78 is 10.6. The Hall–Kier alpha value is -2.02. The Morgan fingerprint density at radius 3 is 2.46 bits per heavy atom. The number of rotatable bonds is 8. The minimum atomic E-state index is -0.0253. The van der Waals surface area contributed by atoms with Crippen LogP contribution < -0.4 is 10.1 Å². The average Bonchev–Trinajstić information content (AvgIpc) is 2.73. The lowest BCUT2D eigenvalue weighted by Gasteiger charge is -2.31. The van der Waals surface area contributed by atoms with Crippen molar-refractivity contribution in [3.05, 3.63) is 59.7 Å². The van der Waals surface area contributed by atoms with Gasteiger partial charge in [-0.25, -0.2) is 0 Å². The number of ether oxygens (including phenoxy) is 2. The molecule has 150 valence electrons. The molecule has 28 heavy (non-hydrogen) atoms. The first-order chi connectivity index (χ1) is 13.6.